The van der Waals surface area contributed by atoms with Crippen molar-refractivity contribution < 1.29 is 28.7 Å². The number of non-ortho nitro benzene ring substituents is 1. The zero-order chi connectivity index (χ0) is 36.4. The van der Waals surface area contributed by atoms with Gasteiger partial charge in [0.05, 0.1) is 46.0 Å². The van der Waals surface area contributed by atoms with Gasteiger partial charge in [-0.15, -0.1) is 0 Å². The lowest BCUT2D eigenvalue weighted by molar-refractivity contribution is -0.384. The molecule has 5 aromatic carbocycles. The topological polar surface area (TPSA) is 139 Å². The van der Waals surface area contributed by atoms with E-state index >= 15 is 0 Å². The van der Waals surface area contributed by atoms with Gasteiger partial charge in [0.25, 0.3) is 11.2 Å². The Morgan fingerprint density at radius 3 is 2.31 bits per heavy atom. The van der Waals surface area contributed by atoms with Crippen molar-refractivity contribution in [1.29, 1.82) is 0 Å². The van der Waals surface area contributed by atoms with Crippen LogP contribution in [-0.4, -0.2) is 35.1 Å². The van der Waals surface area contributed by atoms with Crippen molar-refractivity contribution in [2.75, 3.05) is 13.7 Å². The molecule has 0 radical (unpaired) electrons. The minimum atomic E-state index is -0.898. The number of nitrogens with zero attached hydrogens (tertiary/aromatic N) is 3. The second-order valence-corrected chi connectivity index (χ2v) is 12.6. The van der Waals surface area contributed by atoms with Gasteiger partial charge in [0.15, 0.2) is 4.80 Å². The number of esters is 2. The fourth-order valence-corrected chi connectivity index (χ4v) is 7.05. The molecule has 0 unspecified atom stereocenters. The molecule has 0 saturated carbocycles. The summed E-state index contributed by atoms with van der Waals surface area (Å²) in [4.78, 5) is 57.5. The number of nitro benzene ring substituents is 1. The van der Waals surface area contributed by atoms with Gasteiger partial charge in [-0.3, -0.25) is 19.5 Å². The van der Waals surface area contributed by atoms with Gasteiger partial charge in [-0.25, -0.2) is 14.6 Å². The third-order valence-electron chi connectivity index (χ3n) is 8.53. The molecule has 258 valence electrons. The molecular weight excluding hydrogens is 683 g/mol. The average Bonchev–Trinajstić information content (AvgIpc) is 3.49. The zero-order valence-corrected chi connectivity index (χ0v) is 28.7. The Morgan fingerprint density at radius 1 is 0.904 bits per heavy atom. The highest BCUT2D eigenvalue weighted by Crippen LogP contribution is 2.36. The fourth-order valence-electron chi connectivity index (χ4n) is 6.06. The Bertz CT molecular complexity index is 2580. The number of carbonyl (C=O) groups is 2. The van der Waals surface area contributed by atoms with Gasteiger partial charge >= 0.3 is 11.9 Å². The van der Waals surface area contributed by atoms with Crippen LogP contribution in [0.25, 0.3) is 22.5 Å². The van der Waals surface area contributed by atoms with Gasteiger partial charge in [0.2, 0.25) is 0 Å². The summed E-state index contributed by atoms with van der Waals surface area (Å²) in [5.74, 6) is -0.549. The first-order valence-electron chi connectivity index (χ1n) is 16.2. The predicted molar refractivity (Wildman–Crippen MR) is 196 cm³/mol. The summed E-state index contributed by atoms with van der Waals surface area (Å²) in [6.07, 6.45) is 1.66. The highest BCUT2D eigenvalue weighted by atomic mass is 32.1. The number of fused-ring (bicyclic) bond motifs is 2. The normalized spacial score (nSPS) is 14.0. The SMILES string of the molecule is CCOC(=O)C1=C(c2ccccc2)N=c2s/c(=C\c3c(OC(=O)c4ccc([N+](=O)[O-])cc4)ccc4ccccc34)c(=O)n2[C@@H]1c1ccc(OC)cc1. The highest BCUT2D eigenvalue weighted by Gasteiger charge is 2.35. The number of nitro groups is 1. The molecule has 6 aromatic rings. The van der Waals surface area contributed by atoms with Crippen molar-refractivity contribution in [1.82, 2.24) is 4.57 Å². The Labute approximate surface area is 300 Å². The number of hydrogen-bond donors (Lipinski definition) is 0. The van der Waals surface area contributed by atoms with E-state index in [1.54, 1.807) is 56.5 Å². The lowest BCUT2D eigenvalue weighted by Crippen LogP contribution is -2.40. The Morgan fingerprint density at radius 2 is 1.62 bits per heavy atom. The molecule has 0 fully saturated rings. The number of methoxy groups -OCH3 is 1. The number of benzene rings is 5. The fraction of sp³-hybridized carbons (Fsp3) is 0.100. The van der Waals surface area contributed by atoms with E-state index in [0.717, 1.165) is 16.7 Å². The number of carbonyl (C=O) groups excluding carboxylic acids is 2. The minimum absolute atomic E-state index is 0.114. The van der Waals surface area contributed by atoms with E-state index in [-0.39, 0.29) is 33.7 Å². The van der Waals surface area contributed by atoms with E-state index in [1.807, 2.05) is 54.6 Å². The largest absolute Gasteiger partial charge is 0.497 e. The number of rotatable bonds is 9. The summed E-state index contributed by atoms with van der Waals surface area (Å²) in [7, 11) is 1.56. The van der Waals surface area contributed by atoms with Crippen LogP contribution in [-0.2, 0) is 9.53 Å². The summed E-state index contributed by atoms with van der Waals surface area (Å²) in [6.45, 7) is 1.83. The molecule has 1 aliphatic heterocycles. The smallest absolute Gasteiger partial charge is 0.343 e. The number of hydrogen-bond acceptors (Lipinski definition) is 10. The van der Waals surface area contributed by atoms with Gasteiger partial charge in [-0.2, -0.15) is 0 Å². The predicted octanol–water partition coefficient (Wildman–Crippen LogP) is 6.22. The van der Waals surface area contributed by atoms with E-state index in [0.29, 0.717) is 38.3 Å². The summed E-state index contributed by atoms with van der Waals surface area (Å²) in [6, 6.07) is 31.5. The van der Waals surface area contributed by atoms with E-state index in [1.165, 1.54) is 28.8 Å². The molecule has 12 heteroatoms. The van der Waals surface area contributed by atoms with E-state index in [9.17, 15) is 24.5 Å². The quantitative estimate of drug-likeness (QED) is 0.0745. The molecule has 1 aromatic heterocycles. The van der Waals surface area contributed by atoms with E-state index in [4.69, 9.17) is 19.2 Å². The molecule has 0 saturated heterocycles. The van der Waals surface area contributed by atoms with Crippen LogP contribution in [0.2, 0.25) is 0 Å². The molecule has 0 amide bonds. The standard InChI is InChI=1S/C40H29N3O8S/c1-3-50-39(46)34-35(25-10-5-4-6-11-25)41-40-42(36(34)26-15-20-29(49-2)21-16-26)37(44)33(52-40)23-31-30-12-8-7-9-24(30)17-22-32(31)51-38(45)27-13-18-28(19-14-27)43(47)48/h4-23,36H,3H2,1-2H3/b33-23-/t36-/m1/s1. The van der Waals surface area contributed by atoms with Gasteiger partial charge in [-0.1, -0.05) is 84.1 Å². The first-order chi connectivity index (χ1) is 25.3. The lowest BCUT2D eigenvalue weighted by atomic mass is 9.93. The van der Waals surface area contributed by atoms with Crippen LogP contribution in [0.3, 0.4) is 0 Å². The van der Waals surface area contributed by atoms with E-state index < -0.39 is 28.5 Å². The van der Waals surface area contributed by atoms with Crippen LogP contribution in [0, 0.1) is 10.1 Å². The second kappa shape index (κ2) is 14.3. The Hall–Kier alpha value is -6.66. The maximum Gasteiger partial charge on any atom is 0.343 e. The molecule has 52 heavy (non-hydrogen) atoms. The number of thiazole rings is 1. The van der Waals surface area contributed by atoms with Gasteiger partial charge in [0, 0.05) is 23.3 Å². The van der Waals surface area contributed by atoms with Crippen LogP contribution in [0.15, 0.2) is 131 Å². The second-order valence-electron chi connectivity index (χ2n) is 11.6. The molecule has 0 aliphatic carbocycles. The van der Waals surface area contributed by atoms with Crippen LogP contribution in [0.4, 0.5) is 5.69 Å². The first kappa shape index (κ1) is 33.8. The van der Waals surface area contributed by atoms with Crippen molar-refractivity contribution in [2.24, 2.45) is 4.99 Å². The summed E-state index contributed by atoms with van der Waals surface area (Å²) >= 11 is 1.14. The summed E-state index contributed by atoms with van der Waals surface area (Å²) in [5, 5.41) is 12.7. The third kappa shape index (κ3) is 6.38. The molecule has 11 nitrogen and oxygen atoms in total. The van der Waals surface area contributed by atoms with Crippen molar-refractivity contribution in [3.05, 3.63) is 173 Å². The molecule has 1 atom stereocenters. The van der Waals surface area contributed by atoms with Crippen LogP contribution < -0.4 is 24.4 Å². The van der Waals surface area contributed by atoms with Crippen LogP contribution >= 0.6 is 11.3 Å². The molecule has 1 aliphatic rings. The lowest BCUT2D eigenvalue weighted by Gasteiger charge is -2.26. The molecule has 2 heterocycles. The monoisotopic (exact) mass is 711 g/mol. The highest BCUT2D eigenvalue weighted by molar-refractivity contribution is 7.07. The van der Waals surface area contributed by atoms with Crippen LogP contribution in [0.1, 0.15) is 40.0 Å². The Kier molecular flexibility index (Phi) is 9.29. The summed E-state index contributed by atoms with van der Waals surface area (Å²) < 4.78 is 18.6. The van der Waals surface area contributed by atoms with E-state index in [2.05, 4.69) is 0 Å². The van der Waals surface area contributed by atoms with Crippen molar-refractivity contribution >= 4 is 51.5 Å². The van der Waals surface area contributed by atoms with Crippen LogP contribution in [0.5, 0.6) is 11.5 Å². The third-order valence-corrected chi connectivity index (χ3v) is 9.51. The molecular formula is C40H29N3O8S. The van der Waals surface area contributed by atoms with Gasteiger partial charge in [-0.05, 0) is 59.7 Å². The average molecular weight is 712 g/mol. The van der Waals surface area contributed by atoms with Crippen molar-refractivity contribution in [2.45, 2.75) is 13.0 Å². The van der Waals surface area contributed by atoms with Gasteiger partial charge in [0.1, 0.15) is 11.5 Å². The number of aromatic nitrogens is 1. The molecule has 0 bridgehead atoms. The zero-order valence-electron chi connectivity index (χ0n) is 27.8. The maximum atomic E-state index is 14.6. The maximum absolute atomic E-state index is 14.6. The van der Waals surface area contributed by atoms with Crippen molar-refractivity contribution in [3.63, 3.8) is 0 Å². The molecule has 0 N–H and O–H groups in total. The molecule has 7 rings (SSSR count). The first-order valence-corrected chi connectivity index (χ1v) is 17.0. The van der Waals surface area contributed by atoms with Crippen molar-refractivity contribution in [3.8, 4) is 11.5 Å². The van der Waals surface area contributed by atoms with Gasteiger partial charge < -0.3 is 14.2 Å². The number of ether oxygens (including phenoxy) is 3. The minimum Gasteiger partial charge on any atom is -0.497 e. The summed E-state index contributed by atoms with van der Waals surface area (Å²) in [5.41, 5.74) is 1.91. The molecule has 0 spiro atoms. The Balaban J connectivity index is 1.44.